The quantitative estimate of drug-likeness (QED) is 0.515. The van der Waals surface area contributed by atoms with E-state index in [9.17, 15) is 14.4 Å². The van der Waals surface area contributed by atoms with E-state index in [4.69, 9.17) is 4.74 Å². The SMILES string of the molecule is O=C1CCc2cc(OCCCC(=O)N3CCN(C(=O)Cc4c[nH]c5ccccc45)CC3)ccc2N1. The summed E-state index contributed by atoms with van der Waals surface area (Å²) in [4.78, 5) is 43.8. The van der Waals surface area contributed by atoms with E-state index < -0.39 is 0 Å². The van der Waals surface area contributed by atoms with Crippen LogP contribution in [0.3, 0.4) is 0 Å². The molecule has 3 aromatic rings. The molecule has 2 N–H and O–H groups in total. The fourth-order valence-corrected chi connectivity index (χ4v) is 4.78. The summed E-state index contributed by atoms with van der Waals surface area (Å²) in [6.07, 6.45) is 4.54. The van der Waals surface area contributed by atoms with Gasteiger partial charge in [-0.15, -0.1) is 0 Å². The number of amides is 3. The summed E-state index contributed by atoms with van der Waals surface area (Å²) in [6.45, 7) is 2.72. The van der Waals surface area contributed by atoms with Crippen molar-refractivity contribution in [2.24, 2.45) is 0 Å². The molecule has 2 aliphatic heterocycles. The first-order valence-electron chi connectivity index (χ1n) is 12.2. The summed E-state index contributed by atoms with van der Waals surface area (Å²) in [5, 5.41) is 3.95. The Balaban J connectivity index is 1.03. The topological polar surface area (TPSA) is 94.7 Å². The third-order valence-corrected chi connectivity index (χ3v) is 6.78. The number of nitrogens with zero attached hydrogens (tertiary/aromatic N) is 2. The van der Waals surface area contributed by atoms with Crippen LogP contribution in [0.4, 0.5) is 5.69 Å². The number of carbonyl (C=O) groups excluding carboxylic acids is 3. The highest BCUT2D eigenvalue weighted by molar-refractivity contribution is 5.94. The number of carbonyl (C=O) groups is 3. The minimum absolute atomic E-state index is 0.0455. The zero-order chi connectivity index (χ0) is 24.2. The van der Waals surface area contributed by atoms with Gasteiger partial charge in [0, 0.05) is 61.8 Å². The molecule has 5 rings (SSSR count). The summed E-state index contributed by atoms with van der Waals surface area (Å²) in [5.41, 5.74) is 3.97. The maximum Gasteiger partial charge on any atom is 0.227 e. The number of fused-ring (bicyclic) bond motifs is 2. The normalized spacial score (nSPS) is 15.6. The molecule has 0 atom stereocenters. The number of aromatic nitrogens is 1. The summed E-state index contributed by atoms with van der Waals surface area (Å²) in [5.74, 6) is 1.00. The van der Waals surface area contributed by atoms with Crippen molar-refractivity contribution in [3.8, 4) is 5.75 Å². The minimum atomic E-state index is 0.0455. The van der Waals surface area contributed by atoms with Gasteiger partial charge in [-0.2, -0.15) is 0 Å². The largest absolute Gasteiger partial charge is 0.494 e. The van der Waals surface area contributed by atoms with E-state index in [0.717, 1.165) is 33.5 Å². The van der Waals surface area contributed by atoms with Gasteiger partial charge in [0.15, 0.2) is 0 Å². The predicted molar refractivity (Wildman–Crippen MR) is 133 cm³/mol. The standard InChI is InChI=1S/C27H30N4O4/c32-25-10-7-19-16-21(8-9-23(19)29-25)35-15-3-6-26(33)30-11-13-31(14-12-30)27(34)17-20-18-28-24-5-2-1-4-22(20)24/h1-2,4-5,8-9,16,18,28H,3,6-7,10-15,17H2,(H,29,32). The van der Waals surface area contributed by atoms with Crippen molar-refractivity contribution in [3.63, 3.8) is 0 Å². The maximum absolute atomic E-state index is 12.8. The molecule has 0 radical (unpaired) electrons. The van der Waals surface area contributed by atoms with Crippen LogP contribution in [0.25, 0.3) is 10.9 Å². The Kier molecular flexibility index (Phi) is 6.70. The second-order valence-corrected chi connectivity index (χ2v) is 9.12. The van der Waals surface area contributed by atoms with Gasteiger partial charge in [0.1, 0.15) is 5.75 Å². The smallest absolute Gasteiger partial charge is 0.227 e. The molecule has 1 aromatic heterocycles. The van der Waals surface area contributed by atoms with Crippen molar-refractivity contribution in [2.75, 3.05) is 38.1 Å². The Labute approximate surface area is 204 Å². The zero-order valence-corrected chi connectivity index (χ0v) is 19.7. The fraction of sp³-hybridized carbons (Fsp3) is 0.370. The lowest BCUT2D eigenvalue weighted by Crippen LogP contribution is -2.51. The highest BCUT2D eigenvalue weighted by atomic mass is 16.5. The van der Waals surface area contributed by atoms with Gasteiger partial charge in [0.05, 0.1) is 13.0 Å². The number of hydrogen-bond donors (Lipinski definition) is 2. The minimum Gasteiger partial charge on any atom is -0.494 e. The average molecular weight is 475 g/mol. The molecule has 1 saturated heterocycles. The van der Waals surface area contributed by atoms with Crippen LogP contribution >= 0.6 is 0 Å². The summed E-state index contributed by atoms with van der Waals surface area (Å²) < 4.78 is 5.83. The van der Waals surface area contributed by atoms with E-state index >= 15 is 0 Å². The monoisotopic (exact) mass is 474 g/mol. The molecular formula is C27H30N4O4. The number of hydrogen-bond acceptors (Lipinski definition) is 4. The average Bonchev–Trinajstić information content (AvgIpc) is 3.29. The van der Waals surface area contributed by atoms with E-state index in [0.29, 0.717) is 64.9 Å². The van der Waals surface area contributed by atoms with Gasteiger partial charge in [-0.05, 0) is 48.2 Å². The van der Waals surface area contributed by atoms with Crippen LogP contribution in [0.1, 0.15) is 30.4 Å². The third kappa shape index (κ3) is 5.31. The molecule has 1 fully saturated rings. The molecule has 3 heterocycles. The van der Waals surface area contributed by atoms with E-state index in [1.165, 1.54) is 0 Å². The van der Waals surface area contributed by atoms with Crippen LogP contribution in [0, 0.1) is 0 Å². The second-order valence-electron chi connectivity index (χ2n) is 9.12. The zero-order valence-electron chi connectivity index (χ0n) is 19.7. The number of rotatable bonds is 7. The van der Waals surface area contributed by atoms with Crippen LogP contribution in [-0.2, 0) is 27.2 Å². The number of piperazine rings is 1. The number of aryl methyl sites for hydroxylation is 1. The molecule has 8 heteroatoms. The van der Waals surface area contributed by atoms with Crippen LogP contribution in [0.2, 0.25) is 0 Å². The first-order valence-corrected chi connectivity index (χ1v) is 12.2. The third-order valence-electron chi connectivity index (χ3n) is 6.78. The number of benzene rings is 2. The Hall–Kier alpha value is -3.81. The molecule has 3 amide bonds. The van der Waals surface area contributed by atoms with Gasteiger partial charge >= 0.3 is 0 Å². The molecule has 0 unspecified atom stereocenters. The maximum atomic E-state index is 12.8. The van der Waals surface area contributed by atoms with Crippen molar-refractivity contribution in [3.05, 3.63) is 59.8 Å². The van der Waals surface area contributed by atoms with E-state index in [1.54, 1.807) is 0 Å². The van der Waals surface area contributed by atoms with Gasteiger partial charge in [-0.25, -0.2) is 0 Å². The Bertz CT molecular complexity index is 1240. The van der Waals surface area contributed by atoms with Crippen molar-refractivity contribution < 1.29 is 19.1 Å². The van der Waals surface area contributed by atoms with E-state index in [-0.39, 0.29) is 17.7 Å². The van der Waals surface area contributed by atoms with Crippen LogP contribution in [-0.4, -0.2) is 65.3 Å². The summed E-state index contributed by atoms with van der Waals surface area (Å²) in [6, 6.07) is 13.7. The first kappa shape index (κ1) is 23.0. The lowest BCUT2D eigenvalue weighted by molar-refractivity contribution is -0.139. The number of aromatic amines is 1. The fourth-order valence-electron chi connectivity index (χ4n) is 4.78. The molecule has 182 valence electrons. The number of para-hydroxylation sites is 1. The predicted octanol–water partition coefficient (Wildman–Crippen LogP) is 3.13. The number of ether oxygens (including phenoxy) is 1. The molecule has 2 aliphatic rings. The molecule has 0 aliphatic carbocycles. The molecule has 0 bridgehead atoms. The van der Waals surface area contributed by atoms with E-state index in [2.05, 4.69) is 10.3 Å². The lowest BCUT2D eigenvalue weighted by atomic mass is 10.0. The van der Waals surface area contributed by atoms with Gasteiger partial charge in [0.25, 0.3) is 0 Å². The number of H-pyrrole nitrogens is 1. The summed E-state index contributed by atoms with van der Waals surface area (Å²) in [7, 11) is 0. The van der Waals surface area contributed by atoms with Gasteiger partial charge in [0.2, 0.25) is 17.7 Å². The van der Waals surface area contributed by atoms with E-state index in [1.807, 2.05) is 58.5 Å². The Morgan fingerprint density at radius 3 is 2.54 bits per heavy atom. The van der Waals surface area contributed by atoms with Gasteiger partial charge < -0.3 is 24.8 Å². The van der Waals surface area contributed by atoms with Crippen molar-refractivity contribution in [2.45, 2.75) is 32.1 Å². The van der Waals surface area contributed by atoms with Crippen LogP contribution in [0.5, 0.6) is 5.75 Å². The number of nitrogens with one attached hydrogen (secondary N) is 2. The molecule has 0 saturated carbocycles. The highest BCUT2D eigenvalue weighted by Crippen LogP contribution is 2.27. The van der Waals surface area contributed by atoms with Crippen molar-refractivity contribution >= 4 is 34.3 Å². The molecule has 2 aromatic carbocycles. The molecule has 35 heavy (non-hydrogen) atoms. The molecular weight excluding hydrogens is 444 g/mol. The lowest BCUT2D eigenvalue weighted by Gasteiger charge is -2.35. The van der Waals surface area contributed by atoms with Crippen molar-refractivity contribution in [1.82, 2.24) is 14.8 Å². The van der Waals surface area contributed by atoms with Crippen molar-refractivity contribution in [1.29, 1.82) is 0 Å². The van der Waals surface area contributed by atoms with Gasteiger partial charge in [-0.1, -0.05) is 18.2 Å². The second kappa shape index (κ2) is 10.2. The first-order chi connectivity index (χ1) is 17.1. The Morgan fingerprint density at radius 2 is 1.71 bits per heavy atom. The molecule has 0 spiro atoms. The molecule has 8 nitrogen and oxygen atoms in total. The van der Waals surface area contributed by atoms with Gasteiger partial charge in [-0.3, -0.25) is 14.4 Å². The van der Waals surface area contributed by atoms with Crippen LogP contribution < -0.4 is 10.1 Å². The summed E-state index contributed by atoms with van der Waals surface area (Å²) >= 11 is 0. The Morgan fingerprint density at radius 1 is 0.943 bits per heavy atom. The van der Waals surface area contributed by atoms with Crippen LogP contribution in [0.15, 0.2) is 48.7 Å². The number of anilines is 1. The highest BCUT2D eigenvalue weighted by Gasteiger charge is 2.24.